The van der Waals surface area contributed by atoms with Gasteiger partial charge < -0.3 is 11.1 Å². The normalized spacial score (nSPS) is 16.0. The maximum absolute atomic E-state index is 11.7. The second kappa shape index (κ2) is 5.21. The van der Waals surface area contributed by atoms with E-state index in [0.717, 1.165) is 17.7 Å². The molecule has 0 spiro atoms. The summed E-state index contributed by atoms with van der Waals surface area (Å²) in [5.74, 6) is -0.130. The molecule has 3 heteroatoms. The van der Waals surface area contributed by atoms with Crippen LogP contribution in [-0.2, 0) is 4.79 Å². The van der Waals surface area contributed by atoms with Gasteiger partial charge in [0, 0.05) is 5.69 Å². The Morgan fingerprint density at radius 1 is 1.47 bits per heavy atom. The number of nitrogens with one attached hydrogen (secondary N) is 1. The smallest absolute Gasteiger partial charge is 0.243 e. The van der Waals surface area contributed by atoms with Crippen LogP contribution in [0.3, 0.4) is 0 Å². The minimum Gasteiger partial charge on any atom is -0.371 e. The minimum absolute atomic E-state index is 0.180. The highest BCUT2D eigenvalue weighted by molar-refractivity contribution is 5.88. The van der Waals surface area contributed by atoms with E-state index in [2.05, 4.69) is 12.2 Å². The second-order valence-corrected chi connectivity index (χ2v) is 4.82. The van der Waals surface area contributed by atoms with Crippen molar-refractivity contribution in [2.45, 2.75) is 39.7 Å². The molecule has 94 valence electrons. The number of amides is 1. The van der Waals surface area contributed by atoms with Gasteiger partial charge in [0.1, 0.15) is 5.54 Å². The Balaban J connectivity index is 3.03. The monoisotopic (exact) mass is 234 g/mol. The van der Waals surface area contributed by atoms with Crippen LogP contribution in [0.5, 0.6) is 0 Å². The molecule has 3 N–H and O–H groups in total. The molecule has 0 aliphatic carbocycles. The van der Waals surface area contributed by atoms with Gasteiger partial charge in [-0.05, 0) is 31.4 Å². The third kappa shape index (κ3) is 2.78. The maximum Gasteiger partial charge on any atom is 0.243 e. The molecule has 17 heavy (non-hydrogen) atoms. The van der Waals surface area contributed by atoms with Crippen molar-refractivity contribution in [2.24, 2.45) is 11.7 Å². The summed E-state index contributed by atoms with van der Waals surface area (Å²) >= 11 is 0. The van der Waals surface area contributed by atoms with Crippen molar-refractivity contribution >= 4 is 11.6 Å². The molecule has 1 aromatic carbocycles. The standard InChI is InChI=1S/C14H22N2O/c1-5-11(3)14(4,13(15)17)16-12-9-7-6-8-10(12)2/h6-9,11,16H,5H2,1-4H3,(H2,15,17). The Bertz CT molecular complexity index is 403. The highest BCUT2D eigenvalue weighted by atomic mass is 16.1. The zero-order valence-corrected chi connectivity index (χ0v) is 11.1. The Morgan fingerprint density at radius 3 is 2.53 bits per heavy atom. The van der Waals surface area contributed by atoms with Crippen LogP contribution >= 0.6 is 0 Å². The third-order valence-electron chi connectivity index (χ3n) is 3.65. The predicted molar refractivity (Wildman–Crippen MR) is 71.9 cm³/mol. The van der Waals surface area contributed by atoms with Gasteiger partial charge in [-0.25, -0.2) is 0 Å². The molecule has 1 rings (SSSR count). The van der Waals surface area contributed by atoms with Crippen LogP contribution in [0.15, 0.2) is 24.3 Å². The Hall–Kier alpha value is -1.51. The summed E-state index contributed by atoms with van der Waals surface area (Å²) in [7, 11) is 0. The first-order valence-corrected chi connectivity index (χ1v) is 6.05. The topological polar surface area (TPSA) is 55.1 Å². The van der Waals surface area contributed by atoms with E-state index in [4.69, 9.17) is 5.73 Å². The molecule has 2 atom stereocenters. The van der Waals surface area contributed by atoms with Gasteiger partial charge in [0.05, 0.1) is 0 Å². The number of nitrogens with two attached hydrogens (primary N) is 1. The van der Waals surface area contributed by atoms with Crippen molar-refractivity contribution in [2.75, 3.05) is 5.32 Å². The first kappa shape index (κ1) is 13.6. The molecule has 1 amide bonds. The van der Waals surface area contributed by atoms with E-state index in [1.54, 1.807) is 0 Å². The number of para-hydroxylation sites is 1. The zero-order chi connectivity index (χ0) is 13.1. The van der Waals surface area contributed by atoms with E-state index in [9.17, 15) is 4.79 Å². The summed E-state index contributed by atoms with van der Waals surface area (Å²) in [4.78, 5) is 11.7. The Kier molecular flexibility index (Phi) is 4.16. The number of primary amides is 1. The second-order valence-electron chi connectivity index (χ2n) is 4.82. The quantitative estimate of drug-likeness (QED) is 0.823. The lowest BCUT2D eigenvalue weighted by atomic mass is 9.84. The van der Waals surface area contributed by atoms with Crippen LogP contribution in [0.1, 0.15) is 32.8 Å². The first-order valence-electron chi connectivity index (χ1n) is 6.05. The summed E-state index contributed by atoms with van der Waals surface area (Å²) in [6.07, 6.45) is 0.901. The lowest BCUT2D eigenvalue weighted by Crippen LogP contribution is -2.52. The average molecular weight is 234 g/mol. The number of carbonyl (C=O) groups excluding carboxylic acids is 1. The van der Waals surface area contributed by atoms with Gasteiger partial charge in [0.15, 0.2) is 0 Å². The van der Waals surface area contributed by atoms with Gasteiger partial charge in [-0.3, -0.25) is 4.79 Å². The largest absolute Gasteiger partial charge is 0.371 e. The van der Waals surface area contributed by atoms with Crippen LogP contribution in [0.2, 0.25) is 0 Å². The summed E-state index contributed by atoms with van der Waals surface area (Å²) in [6.45, 7) is 7.98. The molecule has 3 nitrogen and oxygen atoms in total. The van der Waals surface area contributed by atoms with E-state index >= 15 is 0 Å². The average Bonchev–Trinajstić information content (AvgIpc) is 2.30. The van der Waals surface area contributed by atoms with E-state index in [-0.39, 0.29) is 11.8 Å². The lowest BCUT2D eigenvalue weighted by Gasteiger charge is -2.34. The fraction of sp³-hybridized carbons (Fsp3) is 0.500. The number of carbonyl (C=O) groups is 1. The van der Waals surface area contributed by atoms with Crippen molar-refractivity contribution in [1.29, 1.82) is 0 Å². The Morgan fingerprint density at radius 2 is 2.06 bits per heavy atom. The number of hydrogen-bond donors (Lipinski definition) is 2. The predicted octanol–water partition coefficient (Wildman–Crippen LogP) is 2.70. The molecule has 0 fully saturated rings. The van der Waals surface area contributed by atoms with Crippen molar-refractivity contribution in [3.63, 3.8) is 0 Å². The molecular formula is C14H22N2O. The Labute approximate surface area is 103 Å². The molecular weight excluding hydrogens is 212 g/mol. The van der Waals surface area contributed by atoms with E-state index in [1.807, 2.05) is 45.0 Å². The van der Waals surface area contributed by atoms with Crippen molar-refractivity contribution in [3.8, 4) is 0 Å². The van der Waals surface area contributed by atoms with Crippen LogP contribution in [0.25, 0.3) is 0 Å². The molecule has 2 unspecified atom stereocenters. The number of aryl methyl sites for hydroxylation is 1. The molecule has 0 aliphatic heterocycles. The SMILES string of the molecule is CCC(C)C(C)(Nc1ccccc1C)C(N)=O. The number of hydrogen-bond acceptors (Lipinski definition) is 2. The van der Waals surface area contributed by atoms with Crippen molar-refractivity contribution in [3.05, 3.63) is 29.8 Å². The molecule has 0 saturated heterocycles. The summed E-state index contributed by atoms with van der Waals surface area (Å²) in [5, 5.41) is 3.30. The van der Waals surface area contributed by atoms with E-state index in [1.165, 1.54) is 0 Å². The highest BCUT2D eigenvalue weighted by Gasteiger charge is 2.36. The molecule has 0 heterocycles. The highest BCUT2D eigenvalue weighted by Crippen LogP contribution is 2.26. The van der Waals surface area contributed by atoms with E-state index in [0.29, 0.717) is 0 Å². The molecule has 0 aliphatic rings. The van der Waals surface area contributed by atoms with Crippen LogP contribution in [-0.4, -0.2) is 11.4 Å². The first-order chi connectivity index (χ1) is 7.91. The maximum atomic E-state index is 11.7. The van der Waals surface area contributed by atoms with Gasteiger partial charge >= 0.3 is 0 Å². The van der Waals surface area contributed by atoms with Gasteiger partial charge in [-0.15, -0.1) is 0 Å². The lowest BCUT2D eigenvalue weighted by molar-refractivity contribution is -0.123. The minimum atomic E-state index is -0.707. The number of rotatable bonds is 5. The van der Waals surface area contributed by atoms with Crippen LogP contribution < -0.4 is 11.1 Å². The fourth-order valence-electron chi connectivity index (χ4n) is 1.83. The fourth-order valence-corrected chi connectivity index (χ4v) is 1.83. The third-order valence-corrected chi connectivity index (χ3v) is 3.65. The van der Waals surface area contributed by atoms with E-state index < -0.39 is 5.54 Å². The summed E-state index contributed by atoms with van der Waals surface area (Å²) in [5.41, 5.74) is 6.92. The molecule has 0 aromatic heterocycles. The van der Waals surface area contributed by atoms with Crippen molar-refractivity contribution < 1.29 is 4.79 Å². The summed E-state index contributed by atoms with van der Waals surface area (Å²) < 4.78 is 0. The van der Waals surface area contributed by atoms with Gasteiger partial charge in [0.25, 0.3) is 0 Å². The molecule has 0 saturated carbocycles. The zero-order valence-electron chi connectivity index (χ0n) is 11.1. The van der Waals surface area contributed by atoms with Gasteiger partial charge in [-0.2, -0.15) is 0 Å². The molecule has 1 aromatic rings. The van der Waals surface area contributed by atoms with Gasteiger partial charge in [0.2, 0.25) is 5.91 Å². The molecule has 0 radical (unpaired) electrons. The molecule has 0 bridgehead atoms. The summed E-state index contributed by atoms with van der Waals surface area (Å²) in [6, 6.07) is 7.91. The van der Waals surface area contributed by atoms with Gasteiger partial charge in [-0.1, -0.05) is 38.5 Å². The van der Waals surface area contributed by atoms with Crippen molar-refractivity contribution in [1.82, 2.24) is 0 Å². The van der Waals surface area contributed by atoms with Crippen LogP contribution in [0.4, 0.5) is 5.69 Å². The number of anilines is 1. The van der Waals surface area contributed by atoms with Crippen LogP contribution in [0, 0.1) is 12.8 Å². The number of benzene rings is 1.